The van der Waals surface area contributed by atoms with Gasteiger partial charge >= 0.3 is 0 Å². The van der Waals surface area contributed by atoms with Crippen molar-refractivity contribution in [2.45, 2.75) is 19.8 Å². The van der Waals surface area contributed by atoms with Gasteiger partial charge in [0, 0.05) is 5.69 Å². The molecule has 0 heterocycles. The van der Waals surface area contributed by atoms with Gasteiger partial charge in [0.2, 0.25) is 5.91 Å². The molecule has 0 unspecified atom stereocenters. The molecule has 2 aromatic carbocycles. The summed E-state index contributed by atoms with van der Waals surface area (Å²) in [5.74, 6) is 0.00266. The molecule has 0 aliphatic carbocycles. The predicted octanol–water partition coefficient (Wildman–Crippen LogP) is 2.77. The third-order valence-corrected chi connectivity index (χ3v) is 3.34. The Morgan fingerprint density at radius 3 is 2.33 bits per heavy atom. The van der Waals surface area contributed by atoms with E-state index in [2.05, 4.69) is 17.6 Å². The molecule has 0 atom stereocenters. The molecule has 0 aromatic heterocycles. The molecule has 2 amide bonds. The molecule has 2 aromatic rings. The summed E-state index contributed by atoms with van der Waals surface area (Å²) in [5, 5.41) is 5.27. The monoisotopic (exact) mass is 326 g/mol. The highest BCUT2D eigenvalue weighted by Crippen LogP contribution is 2.11. The highest BCUT2D eigenvalue weighted by Gasteiger charge is 2.07. The summed E-state index contributed by atoms with van der Waals surface area (Å²) in [7, 11) is 0. The molecule has 0 radical (unpaired) electrons. The molecule has 0 aliphatic rings. The summed E-state index contributed by atoms with van der Waals surface area (Å²) in [4.78, 5) is 23.5. The van der Waals surface area contributed by atoms with E-state index in [1.54, 1.807) is 12.1 Å². The van der Waals surface area contributed by atoms with Crippen LogP contribution in [0.2, 0.25) is 0 Å². The Morgan fingerprint density at radius 2 is 1.67 bits per heavy atom. The van der Waals surface area contributed by atoms with Crippen molar-refractivity contribution in [3.8, 4) is 5.75 Å². The maximum absolute atomic E-state index is 11.8. The number of rotatable bonds is 8. The zero-order chi connectivity index (χ0) is 17.2. The van der Waals surface area contributed by atoms with Crippen molar-refractivity contribution in [1.29, 1.82) is 0 Å². The Bertz CT molecular complexity index is 654. The number of aryl methyl sites for hydroxylation is 1. The summed E-state index contributed by atoms with van der Waals surface area (Å²) in [6.07, 6.45) is 2.11. The third kappa shape index (κ3) is 6.12. The van der Waals surface area contributed by atoms with Crippen LogP contribution in [0.3, 0.4) is 0 Å². The maximum atomic E-state index is 11.8. The molecule has 24 heavy (non-hydrogen) atoms. The molecule has 2 N–H and O–H groups in total. The Hall–Kier alpha value is -2.82. The fraction of sp³-hybridized carbons (Fsp3) is 0.263. The molecule has 5 nitrogen and oxygen atoms in total. The summed E-state index contributed by atoms with van der Waals surface area (Å²) in [5.41, 5.74) is 1.96. The van der Waals surface area contributed by atoms with E-state index in [9.17, 15) is 9.59 Å². The van der Waals surface area contributed by atoms with Gasteiger partial charge in [-0.15, -0.1) is 0 Å². The van der Waals surface area contributed by atoms with Crippen LogP contribution in [-0.2, 0) is 16.0 Å². The van der Waals surface area contributed by atoms with Gasteiger partial charge in [0.15, 0.2) is 6.61 Å². The second-order valence-electron chi connectivity index (χ2n) is 5.37. The van der Waals surface area contributed by atoms with Crippen molar-refractivity contribution in [3.05, 3.63) is 60.2 Å². The molecule has 0 saturated carbocycles. The van der Waals surface area contributed by atoms with Crippen molar-refractivity contribution >= 4 is 17.5 Å². The number of hydrogen-bond donors (Lipinski definition) is 2. The summed E-state index contributed by atoms with van der Waals surface area (Å²) >= 11 is 0. The van der Waals surface area contributed by atoms with Crippen molar-refractivity contribution < 1.29 is 14.3 Å². The second-order valence-corrected chi connectivity index (χ2v) is 5.37. The highest BCUT2D eigenvalue weighted by atomic mass is 16.5. The Labute approximate surface area is 142 Å². The van der Waals surface area contributed by atoms with Crippen LogP contribution in [0.1, 0.15) is 18.9 Å². The first-order chi connectivity index (χ1) is 11.7. The van der Waals surface area contributed by atoms with E-state index in [1.165, 1.54) is 5.56 Å². The van der Waals surface area contributed by atoms with Crippen LogP contribution in [0.5, 0.6) is 5.75 Å². The first-order valence-corrected chi connectivity index (χ1v) is 8.00. The highest BCUT2D eigenvalue weighted by molar-refractivity contribution is 5.94. The second kappa shape index (κ2) is 9.35. The zero-order valence-electron chi connectivity index (χ0n) is 13.7. The normalized spacial score (nSPS) is 10.0. The number of nitrogens with one attached hydrogen (secondary N) is 2. The smallest absolute Gasteiger partial charge is 0.258 e. The van der Waals surface area contributed by atoms with Gasteiger partial charge < -0.3 is 15.4 Å². The van der Waals surface area contributed by atoms with Gasteiger partial charge in [-0.3, -0.25) is 9.59 Å². The topological polar surface area (TPSA) is 67.4 Å². The summed E-state index contributed by atoms with van der Waals surface area (Å²) < 4.78 is 5.31. The van der Waals surface area contributed by atoms with Crippen molar-refractivity contribution in [3.63, 3.8) is 0 Å². The minimum atomic E-state index is -0.340. The lowest BCUT2D eigenvalue weighted by Crippen LogP contribution is -2.35. The van der Waals surface area contributed by atoms with Gasteiger partial charge in [0.25, 0.3) is 5.91 Å². The molecule has 126 valence electrons. The number of carbonyl (C=O) groups excluding carboxylic acids is 2. The van der Waals surface area contributed by atoms with Gasteiger partial charge in [-0.2, -0.15) is 0 Å². The van der Waals surface area contributed by atoms with Crippen LogP contribution < -0.4 is 15.4 Å². The van der Waals surface area contributed by atoms with Crippen LogP contribution in [0, 0.1) is 0 Å². The van der Waals surface area contributed by atoms with Crippen LogP contribution in [0.15, 0.2) is 54.6 Å². The summed E-state index contributed by atoms with van der Waals surface area (Å²) in [6, 6.07) is 16.8. The minimum absolute atomic E-state index is 0.0896. The van der Waals surface area contributed by atoms with Crippen LogP contribution >= 0.6 is 0 Å². The molecule has 0 saturated heterocycles. The van der Waals surface area contributed by atoms with Crippen molar-refractivity contribution in [2.75, 3.05) is 18.5 Å². The first-order valence-electron chi connectivity index (χ1n) is 8.00. The van der Waals surface area contributed by atoms with Crippen LogP contribution in [0.4, 0.5) is 5.69 Å². The van der Waals surface area contributed by atoms with Crippen LogP contribution in [-0.4, -0.2) is 25.0 Å². The van der Waals surface area contributed by atoms with E-state index in [4.69, 9.17) is 4.74 Å². The van der Waals surface area contributed by atoms with Crippen molar-refractivity contribution in [1.82, 2.24) is 5.32 Å². The zero-order valence-corrected chi connectivity index (χ0v) is 13.7. The lowest BCUT2D eigenvalue weighted by molar-refractivity contribution is -0.125. The molecular weight excluding hydrogens is 304 g/mol. The summed E-state index contributed by atoms with van der Waals surface area (Å²) in [6.45, 7) is 1.91. The molecule has 0 bridgehead atoms. The minimum Gasteiger partial charge on any atom is -0.484 e. The largest absolute Gasteiger partial charge is 0.484 e. The number of anilines is 1. The first kappa shape index (κ1) is 17.5. The Morgan fingerprint density at radius 1 is 0.958 bits per heavy atom. The van der Waals surface area contributed by atoms with E-state index in [0.29, 0.717) is 5.75 Å². The van der Waals surface area contributed by atoms with E-state index in [0.717, 1.165) is 18.5 Å². The van der Waals surface area contributed by atoms with Gasteiger partial charge in [-0.1, -0.05) is 43.7 Å². The average molecular weight is 326 g/mol. The molecule has 0 fully saturated rings. The average Bonchev–Trinajstić information content (AvgIpc) is 2.61. The number of carbonyl (C=O) groups is 2. The van der Waals surface area contributed by atoms with E-state index >= 15 is 0 Å². The fourth-order valence-electron chi connectivity index (χ4n) is 2.14. The molecule has 0 aliphatic heterocycles. The van der Waals surface area contributed by atoms with Gasteiger partial charge in [-0.25, -0.2) is 0 Å². The lowest BCUT2D eigenvalue weighted by atomic mass is 10.1. The number of ether oxygens (including phenoxy) is 1. The predicted molar refractivity (Wildman–Crippen MR) is 94.0 cm³/mol. The SMILES string of the molecule is CCCc1ccc(NC(=O)CNC(=O)COc2ccccc2)cc1. The third-order valence-electron chi connectivity index (χ3n) is 3.34. The standard InChI is InChI=1S/C19H22N2O3/c1-2-6-15-9-11-16(12-10-15)21-18(22)13-20-19(23)14-24-17-7-4-3-5-8-17/h3-5,7-12H,2,6,13-14H2,1H3,(H,20,23)(H,21,22). The number of benzene rings is 2. The quantitative estimate of drug-likeness (QED) is 0.784. The number of hydrogen-bond acceptors (Lipinski definition) is 3. The van der Waals surface area contributed by atoms with E-state index in [-0.39, 0.29) is 25.0 Å². The van der Waals surface area contributed by atoms with Gasteiger partial charge in [0.05, 0.1) is 6.54 Å². The fourth-order valence-corrected chi connectivity index (χ4v) is 2.14. The maximum Gasteiger partial charge on any atom is 0.258 e. The van der Waals surface area contributed by atoms with E-state index < -0.39 is 0 Å². The van der Waals surface area contributed by atoms with Crippen LogP contribution in [0.25, 0.3) is 0 Å². The Kier molecular flexibility index (Phi) is 6.83. The Balaban J connectivity index is 1.69. The molecular formula is C19H22N2O3. The van der Waals surface area contributed by atoms with E-state index in [1.807, 2.05) is 42.5 Å². The molecule has 0 spiro atoms. The lowest BCUT2D eigenvalue weighted by Gasteiger charge is -2.09. The number of para-hydroxylation sites is 1. The number of amides is 2. The van der Waals surface area contributed by atoms with Gasteiger partial charge in [0.1, 0.15) is 5.75 Å². The van der Waals surface area contributed by atoms with Crippen molar-refractivity contribution in [2.24, 2.45) is 0 Å². The van der Waals surface area contributed by atoms with Gasteiger partial charge in [-0.05, 0) is 36.2 Å². The molecule has 5 heteroatoms. The molecule has 2 rings (SSSR count).